The number of para-hydroxylation sites is 1. The Labute approximate surface area is 213 Å². The first-order chi connectivity index (χ1) is 17.9. The standard InChI is InChI=1S/C28H26FN3O5/c1-36-23-5-3-2-4-22(23)26(33)30-20-12-8-18(9-13-20)25-24(27(34)31-21-14-15-21)32(28(35)37-25)16-17-6-10-19(29)11-7-17/h2-13,21,24-25H,14-16H2,1H3,(H,30,33)(H,31,34). The molecule has 2 N–H and O–H groups in total. The lowest BCUT2D eigenvalue weighted by molar-refractivity contribution is -0.126. The van der Waals surface area contributed by atoms with Gasteiger partial charge in [-0.15, -0.1) is 0 Å². The predicted molar refractivity (Wildman–Crippen MR) is 134 cm³/mol. The zero-order valence-corrected chi connectivity index (χ0v) is 20.1. The van der Waals surface area contributed by atoms with E-state index in [1.54, 1.807) is 60.7 Å². The number of benzene rings is 3. The third kappa shape index (κ3) is 5.40. The highest BCUT2D eigenvalue weighted by Crippen LogP contribution is 2.35. The lowest BCUT2D eigenvalue weighted by atomic mass is 10.00. The Balaban J connectivity index is 1.35. The number of hydrogen-bond acceptors (Lipinski definition) is 5. The van der Waals surface area contributed by atoms with Gasteiger partial charge in [-0.3, -0.25) is 14.5 Å². The van der Waals surface area contributed by atoms with Crippen molar-refractivity contribution in [3.8, 4) is 5.75 Å². The molecule has 2 atom stereocenters. The van der Waals surface area contributed by atoms with Gasteiger partial charge in [-0.05, 0) is 60.4 Å². The number of methoxy groups -OCH3 is 1. The molecule has 2 unspecified atom stereocenters. The van der Waals surface area contributed by atoms with Gasteiger partial charge in [0.05, 0.1) is 19.2 Å². The number of carbonyl (C=O) groups excluding carboxylic acids is 3. The van der Waals surface area contributed by atoms with E-state index in [1.165, 1.54) is 24.1 Å². The van der Waals surface area contributed by atoms with Crippen LogP contribution in [0.1, 0.15) is 40.4 Å². The van der Waals surface area contributed by atoms with Crippen molar-refractivity contribution >= 4 is 23.6 Å². The summed E-state index contributed by atoms with van der Waals surface area (Å²) >= 11 is 0. The van der Waals surface area contributed by atoms with E-state index in [1.807, 2.05) is 0 Å². The average molecular weight is 504 g/mol. The average Bonchev–Trinajstić information content (AvgIpc) is 3.67. The Hall–Kier alpha value is -4.40. The second-order valence-electron chi connectivity index (χ2n) is 9.06. The van der Waals surface area contributed by atoms with Crippen LogP contribution in [-0.4, -0.2) is 42.0 Å². The summed E-state index contributed by atoms with van der Waals surface area (Å²) in [5, 5.41) is 5.79. The van der Waals surface area contributed by atoms with Crippen LogP contribution in [-0.2, 0) is 16.1 Å². The molecule has 0 spiro atoms. The summed E-state index contributed by atoms with van der Waals surface area (Å²) in [4.78, 5) is 40.1. The van der Waals surface area contributed by atoms with Crippen molar-refractivity contribution in [1.29, 1.82) is 0 Å². The maximum Gasteiger partial charge on any atom is 0.411 e. The smallest absolute Gasteiger partial charge is 0.411 e. The molecule has 1 saturated heterocycles. The Bertz CT molecular complexity index is 1310. The summed E-state index contributed by atoms with van der Waals surface area (Å²) in [6, 6.07) is 18.7. The molecule has 5 rings (SSSR count). The monoisotopic (exact) mass is 503 g/mol. The number of hydrogen-bond donors (Lipinski definition) is 2. The van der Waals surface area contributed by atoms with Crippen LogP contribution in [0.4, 0.5) is 14.9 Å². The first-order valence-corrected chi connectivity index (χ1v) is 12.0. The molecule has 0 radical (unpaired) electrons. The maximum atomic E-state index is 13.4. The molecule has 3 amide bonds. The molecule has 0 bridgehead atoms. The Morgan fingerprint density at radius 2 is 1.73 bits per heavy atom. The summed E-state index contributed by atoms with van der Waals surface area (Å²) in [6.45, 7) is 0.103. The van der Waals surface area contributed by atoms with Crippen LogP contribution < -0.4 is 15.4 Å². The number of nitrogens with zero attached hydrogens (tertiary/aromatic N) is 1. The zero-order chi connectivity index (χ0) is 25.9. The molecule has 9 heteroatoms. The van der Waals surface area contributed by atoms with Gasteiger partial charge in [0, 0.05) is 11.7 Å². The van der Waals surface area contributed by atoms with Crippen LogP contribution in [0.5, 0.6) is 5.75 Å². The zero-order valence-electron chi connectivity index (χ0n) is 20.1. The predicted octanol–water partition coefficient (Wildman–Crippen LogP) is 4.43. The lowest BCUT2D eigenvalue weighted by Gasteiger charge is -2.24. The molecule has 3 aromatic rings. The number of nitrogens with one attached hydrogen (secondary N) is 2. The van der Waals surface area contributed by atoms with E-state index in [9.17, 15) is 18.8 Å². The van der Waals surface area contributed by atoms with Crippen molar-refractivity contribution in [2.45, 2.75) is 37.6 Å². The number of carbonyl (C=O) groups is 3. The van der Waals surface area contributed by atoms with Gasteiger partial charge in [-0.2, -0.15) is 0 Å². The Kier molecular flexibility index (Phi) is 6.76. The minimum atomic E-state index is -0.896. The van der Waals surface area contributed by atoms with Crippen LogP contribution >= 0.6 is 0 Å². The van der Waals surface area contributed by atoms with Crippen molar-refractivity contribution in [2.75, 3.05) is 12.4 Å². The van der Waals surface area contributed by atoms with Crippen molar-refractivity contribution in [2.24, 2.45) is 0 Å². The molecule has 2 fully saturated rings. The van der Waals surface area contributed by atoms with Crippen molar-refractivity contribution < 1.29 is 28.2 Å². The summed E-state index contributed by atoms with van der Waals surface area (Å²) in [7, 11) is 1.50. The van der Waals surface area contributed by atoms with Crippen LogP contribution in [0.15, 0.2) is 72.8 Å². The van der Waals surface area contributed by atoms with Crippen LogP contribution in [0, 0.1) is 5.82 Å². The minimum absolute atomic E-state index is 0.101. The first kappa shape index (κ1) is 24.3. The first-order valence-electron chi connectivity index (χ1n) is 12.0. The molecule has 1 heterocycles. The van der Waals surface area contributed by atoms with Gasteiger partial charge in [0.1, 0.15) is 11.6 Å². The molecule has 1 aliphatic heterocycles. The van der Waals surface area contributed by atoms with Crippen molar-refractivity contribution in [1.82, 2.24) is 10.2 Å². The third-order valence-electron chi connectivity index (χ3n) is 6.39. The number of rotatable bonds is 8. The fraction of sp³-hybridized carbons (Fsp3) is 0.250. The van der Waals surface area contributed by atoms with E-state index < -0.39 is 18.2 Å². The SMILES string of the molecule is COc1ccccc1C(=O)Nc1ccc(C2OC(=O)N(Cc3ccc(F)cc3)C2C(=O)NC2CC2)cc1. The second kappa shape index (κ2) is 10.3. The number of anilines is 1. The quantitative estimate of drug-likeness (QED) is 0.474. The van der Waals surface area contributed by atoms with Gasteiger partial charge in [-0.25, -0.2) is 9.18 Å². The van der Waals surface area contributed by atoms with Crippen molar-refractivity contribution in [3.63, 3.8) is 0 Å². The fourth-order valence-electron chi connectivity index (χ4n) is 4.30. The number of cyclic esters (lactones) is 1. The van der Waals surface area contributed by atoms with Crippen LogP contribution in [0.2, 0.25) is 0 Å². The Morgan fingerprint density at radius 3 is 2.41 bits per heavy atom. The number of halogens is 1. The largest absolute Gasteiger partial charge is 0.496 e. The van der Waals surface area contributed by atoms with E-state index in [-0.39, 0.29) is 30.2 Å². The summed E-state index contributed by atoms with van der Waals surface area (Å²) in [5.41, 5.74) is 2.22. The Morgan fingerprint density at radius 1 is 1.03 bits per heavy atom. The van der Waals surface area contributed by atoms with Gasteiger partial charge in [0.25, 0.3) is 5.91 Å². The molecular formula is C28H26FN3O5. The van der Waals surface area contributed by atoms with Crippen LogP contribution in [0.3, 0.4) is 0 Å². The highest BCUT2D eigenvalue weighted by Gasteiger charge is 2.47. The summed E-state index contributed by atoms with van der Waals surface area (Å²) in [5.74, 6) is -0.551. The van der Waals surface area contributed by atoms with Crippen molar-refractivity contribution in [3.05, 3.63) is 95.3 Å². The van der Waals surface area contributed by atoms with E-state index in [0.29, 0.717) is 28.1 Å². The molecule has 37 heavy (non-hydrogen) atoms. The number of amides is 3. The molecule has 1 saturated carbocycles. The molecule has 3 aromatic carbocycles. The molecule has 2 aliphatic rings. The fourth-order valence-corrected chi connectivity index (χ4v) is 4.30. The van der Waals surface area contributed by atoms with E-state index in [4.69, 9.17) is 9.47 Å². The van der Waals surface area contributed by atoms with E-state index in [2.05, 4.69) is 10.6 Å². The van der Waals surface area contributed by atoms with Gasteiger partial charge in [-0.1, -0.05) is 36.4 Å². The van der Waals surface area contributed by atoms with Gasteiger partial charge < -0.3 is 20.1 Å². The lowest BCUT2D eigenvalue weighted by Crippen LogP contribution is -2.46. The van der Waals surface area contributed by atoms with Crippen LogP contribution in [0.25, 0.3) is 0 Å². The molecule has 1 aliphatic carbocycles. The second-order valence-corrected chi connectivity index (χ2v) is 9.06. The highest BCUT2D eigenvalue weighted by atomic mass is 19.1. The normalized spacial score (nSPS) is 18.8. The molecular weight excluding hydrogens is 477 g/mol. The summed E-state index contributed by atoms with van der Waals surface area (Å²) < 4.78 is 24.3. The highest BCUT2D eigenvalue weighted by molar-refractivity contribution is 6.06. The molecule has 0 aromatic heterocycles. The van der Waals surface area contributed by atoms with E-state index in [0.717, 1.165) is 12.8 Å². The van der Waals surface area contributed by atoms with Gasteiger partial charge in [0.15, 0.2) is 12.1 Å². The molecule has 190 valence electrons. The maximum absolute atomic E-state index is 13.4. The third-order valence-corrected chi connectivity index (χ3v) is 6.39. The minimum Gasteiger partial charge on any atom is -0.496 e. The number of ether oxygens (including phenoxy) is 2. The van der Waals surface area contributed by atoms with Gasteiger partial charge in [0.2, 0.25) is 5.91 Å². The van der Waals surface area contributed by atoms with E-state index >= 15 is 0 Å². The van der Waals surface area contributed by atoms with Gasteiger partial charge >= 0.3 is 6.09 Å². The topological polar surface area (TPSA) is 97.0 Å². The molecule has 8 nitrogen and oxygen atoms in total. The summed E-state index contributed by atoms with van der Waals surface area (Å²) in [6.07, 6.45) is 0.331.